The minimum atomic E-state index is -4.55. The maximum Gasteiger partial charge on any atom is 0.384 e. The summed E-state index contributed by atoms with van der Waals surface area (Å²) in [7, 11) is 0. The van der Waals surface area contributed by atoms with Crippen molar-refractivity contribution in [2.45, 2.75) is 17.7 Å². The molecule has 1 nitrogen and oxygen atoms in total. The average Bonchev–Trinajstić information content (AvgIpc) is 2.06. The molecule has 84 valence electrons. The zero-order valence-corrected chi connectivity index (χ0v) is 8.24. The van der Waals surface area contributed by atoms with Crippen LogP contribution in [0.15, 0.2) is 24.3 Å². The van der Waals surface area contributed by atoms with Gasteiger partial charge in [0.15, 0.2) is 0 Å². The number of hydrogen-bond donors (Lipinski definition) is 1. The molecular formula is C9H8ClF4N. The molecule has 1 aromatic carbocycles. The highest BCUT2D eigenvalue weighted by molar-refractivity contribution is 6.22. The van der Waals surface area contributed by atoms with Gasteiger partial charge in [0.2, 0.25) is 0 Å². The topological polar surface area (TPSA) is 26.0 Å². The lowest BCUT2D eigenvalue weighted by atomic mass is 10.1. The van der Waals surface area contributed by atoms with Gasteiger partial charge in [-0.15, -0.1) is 0 Å². The van der Waals surface area contributed by atoms with Crippen LogP contribution in [0, 0.1) is 0 Å². The summed E-state index contributed by atoms with van der Waals surface area (Å²) in [5.74, 6) is -4.27. The van der Waals surface area contributed by atoms with Gasteiger partial charge < -0.3 is 5.73 Å². The fourth-order valence-electron chi connectivity index (χ4n) is 0.992. The summed E-state index contributed by atoms with van der Waals surface area (Å²) in [5, 5.41) is -4.55. The number of nitrogen functional groups attached to an aromatic ring is 1. The standard InChI is InChI=1S/C9H8ClF4N/c10-9(13,14)8(11,12)5-6-1-3-7(15)4-2-6/h1-4H,5,15H2. The van der Waals surface area contributed by atoms with Gasteiger partial charge in [-0.25, -0.2) is 0 Å². The Morgan fingerprint density at radius 2 is 1.53 bits per heavy atom. The molecule has 0 spiro atoms. The van der Waals surface area contributed by atoms with Gasteiger partial charge in [0.1, 0.15) is 0 Å². The third-order valence-electron chi connectivity index (χ3n) is 1.82. The Labute approximate surface area is 88.8 Å². The van der Waals surface area contributed by atoms with E-state index in [1.165, 1.54) is 24.3 Å². The first-order chi connectivity index (χ1) is 6.72. The Hall–Kier alpha value is -0.970. The van der Waals surface area contributed by atoms with E-state index in [9.17, 15) is 17.6 Å². The van der Waals surface area contributed by atoms with Crippen LogP contribution in [0.4, 0.5) is 23.2 Å². The highest BCUT2D eigenvalue weighted by Crippen LogP contribution is 2.39. The summed E-state index contributed by atoms with van der Waals surface area (Å²) in [6, 6.07) is 5.23. The third-order valence-corrected chi connectivity index (χ3v) is 2.10. The van der Waals surface area contributed by atoms with Crippen molar-refractivity contribution >= 4 is 17.3 Å². The first-order valence-electron chi connectivity index (χ1n) is 4.01. The van der Waals surface area contributed by atoms with Crippen molar-refractivity contribution in [2.75, 3.05) is 5.73 Å². The molecule has 6 heteroatoms. The van der Waals surface area contributed by atoms with Crippen molar-refractivity contribution in [2.24, 2.45) is 0 Å². The van der Waals surface area contributed by atoms with E-state index < -0.39 is 17.7 Å². The number of alkyl halides is 5. The minimum Gasteiger partial charge on any atom is -0.399 e. The van der Waals surface area contributed by atoms with Crippen LogP contribution >= 0.6 is 11.6 Å². The number of hydrogen-bond acceptors (Lipinski definition) is 1. The van der Waals surface area contributed by atoms with E-state index in [4.69, 9.17) is 5.73 Å². The van der Waals surface area contributed by atoms with Crippen molar-refractivity contribution in [3.05, 3.63) is 29.8 Å². The molecule has 0 amide bonds. The normalized spacial score (nSPS) is 12.9. The molecule has 0 aliphatic rings. The van der Waals surface area contributed by atoms with Crippen LogP contribution in [0.25, 0.3) is 0 Å². The molecule has 1 aromatic rings. The maximum atomic E-state index is 12.8. The predicted molar refractivity (Wildman–Crippen MR) is 50.3 cm³/mol. The number of nitrogens with two attached hydrogens (primary N) is 1. The summed E-state index contributed by atoms with van der Waals surface area (Å²) in [6.07, 6.45) is -1.12. The Kier molecular flexibility index (Phi) is 3.13. The van der Waals surface area contributed by atoms with E-state index in [2.05, 4.69) is 11.6 Å². The van der Waals surface area contributed by atoms with Gasteiger partial charge in [-0.3, -0.25) is 0 Å². The predicted octanol–water partition coefficient (Wildman–Crippen LogP) is 3.28. The van der Waals surface area contributed by atoms with Crippen molar-refractivity contribution in [3.8, 4) is 0 Å². The van der Waals surface area contributed by atoms with Crippen LogP contribution in [-0.2, 0) is 6.42 Å². The van der Waals surface area contributed by atoms with Gasteiger partial charge in [-0.05, 0) is 29.3 Å². The Balaban J connectivity index is 2.82. The lowest BCUT2D eigenvalue weighted by Gasteiger charge is -2.20. The Morgan fingerprint density at radius 3 is 1.93 bits per heavy atom. The molecule has 0 radical (unpaired) electrons. The van der Waals surface area contributed by atoms with E-state index >= 15 is 0 Å². The van der Waals surface area contributed by atoms with Gasteiger partial charge in [-0.1, -0.05) is 12.1 Å². The maximum absolute atomic E-state index is 12.8. The molecule has 0 aliphatic carbocycles. The van der Waals surface area contributed by atoms with E-state index in [1.54, 1.807) is 0 Å². The monoisotopic (exact) mass is 241 g/mol. The highest BCUT2D eigenvalue weighted by Gasteiger charge is 2.54. The fourth-order valence-corrected chi connectivity index (χ4v) is 1.06. The summed E-state index contributed by atoms with van der Waals surface area (Å²) in [5.41, 5.74) is 5.74. The van der Waals surface area contributed by atoms with E-state index in [-0.39, 0.29) is 5.56 Å². The molecule has 2 N–H and O–H groups in total. The van der Waals surface area contributed by atoms with Crippen molar-refractivity contribution in [1.29, 1.82) is 0 Å². The average molecular weight is 242 g/mol. The first kappa shape index (κ1) is 12.1. The zero-order chi connectivity index (χ0) is 11.7. The first-order valence-corrected chi connectivity index (χ1v) is 4.39. The van der Waals surface area contributed by atoms with E-state index in [0.29, 0.717) is 5.69 Å². The molecule has 0 bridgehead atoms. The summed E-state index contributed by atoms with van der Waals surface area (Å²) in [4.78, 5) is 0. The highest BCUT2D eigenvalue weighted by atomic mass is 35.5. The minimum absolute atomic E-state index is 0.0505. The summed E-state index contributed by atoms with van der Waals surface area (Å²) >= 11 is 4.30. The molecule has 0 aliphatic heterocycles. The van der Waals surface area contributed by atoms with E-state index in [0.717, 1.165) is 0 Å². The van der Waals surface area contributed by atoms with Gasteiger partial charge in [0, 0.05) is 12.1 Å². The van der Waals surface area contributed by atoms with Crippen LogP contribution in [0.1, 0.15) is 5.56 Å². The molecule has 0 heterocycles. The molecule has 0 saturated carbocycles. The summed E-state index contributed by atoms with van der Waals surface area (Å²) < 4.78 is 50.1. The Morgan fingerprint density at radius 1 is 1.07 bits per heavy atom. The smallest absolute Gasteiger partial charge is 0.384 e. The molecule has 0 atom stereocenters. The molecule has 0 unspecified atom stereocenters. The molecule has 1 rings (SSSR count). The van der Waals surface area contributed by atoms with Crippen molar-refractivity contribution in [3.63, 3.8) is 0 Å². The van der Waals surface area contributed by atoms with Gasteiger partial charge in [0.05, 0.1) is 0 Å². The number of benzene rings is 1. The van der Waals surface area contributed by atoms with E-state index in [1.807, 2.05) is 0 Å². The molecule has 15 heavy (non-hydrogen) atoms. The lowest BCUT2D eigenvalue weighted by Crippen LogP contribution is -2.37. The van der Waals surface area contributed by atoms with Crippen LogP contribution in [0.3, 0.4) is 0 Å². The molecular weight excluding hydrogens is 234 g/mol. The van der Waals surface area contributed by atoms with Crippen LogP contribution < -0.4 is 5.73 Å². The van der Waals surface area contributed by atoms with Gasteiger partial charge >= 0.3 is 11.3 Å². The number of anilines is 1. The largest absolute Gasteiger partial charge is 0.399 e. The van der Waals surface area contributed by atoms with Crippen molar-refractivity contribution < 1.29 is 17.6 Å². The molecule has 0 fully saturated rings. The van der Waals surface area contributed by atoms with Gasteiger partial charge in [-0.2, -0.15) is 17.6 Å². The second-order valence-corrected chi connectivity index (χ2v) is 3.60. The fraction of sp³-hybridized carbons (Fsp3) is 0.333. The zero-order valence-electron chi connectivity index (χ0n) is 7.48. The SMILES string of the molecule is Nc1ccc(CC(F)(F)C(F)(F)Cl)cc1. The van der Waals surface area contributed by atoms with Crippen LogP contribution in [-0.4, -0.2) is 11.3 Å². The second-order valence-electron chi connectivity index (χ2n) is 3.12. The number of rotatable bonds is 3. The van der Waals surface area contributed by atoms with Gasteiger partial charge in [0.25, 0.3) is 0 Å². The second kappa shape index (κ2) is 3.89. The lowest BCUT2D eigenvalue weighted by molar-refractivity contribution is -0.155. The van der Waals surface area contributed by atoms with Crippen LogP contribution in [0.5, 0.6) is 0 Å². The van der Waals surface area contributed by atoms with Crippen molar-refractivity contribution in [1.82, 2.24) is 0 Å². The molecule has 0 saturated heterocycles. The quantitative estimate of drug-likeness (QED) is 0.491. The number of halogens is 5. The third kappa shape index (κ3) is 2.99. The summed E-state index contributed by atoms with van der Waals surface area (Å²) in [6.45, 7) is 0. The molecule has 0 aromatic heterocycles. The Bertz CT molecular complexity index is 331. The van der Waals surface area contributed by atoms with Crippen LogP contribution in [0.2, 0.25) is 0 Å².